The van der Waals surface area contributed by atoms with Gasteiger partial charge in [-0.05, 0) is 30.3 Å². The fraction of sp³-hybridized carbons (Fsp3) is 0.278. The van der Waals surface area contributed by atoms with Gasteiger partial charge in [0.2, 0.25) is 0 Å². The maximum Gasteiger partial charge on any atom is 0.319 e. The second kappa shape index (κ2) is 6.21. The van der Waals surface area contributed by atoms with Gasteiger partial charge in [-0.2, -0.15) is 0 Å². The molecule has 1 aromatic carbocycles. The Bertz CT molecular complexity index is 1100. The number of carboxylic acid groups (broad SMARTS) is 1. The highest BCUT2D eigenvalue weighted by atomic mass is 32.2. The summed E-state index contributed by atoms with van der Waals surface area (Å²) in [6.07, 6.45) is 1.69. The predicted octanol–water partition coefficient (Wildman–Crippen LogP) is 2.78. The third-order valence-electron chi connectivity index (χ3n) is 3.87. The Morgan fingerprint density at radius 3 is 2.58 bits per heavy atom. The van der Waals surface area contributed by atoms with Crippen LogP contribution in [0.25, 0.3) is 22.3 Å². The second-order valence-electron chi connectivity index (χ2n) is 7.10. The molecule has 7 nitrogen and oxygen atoms in total. The largest absolute Gasteiger partial charge is 0.480 e. The van der Waals surface area contributed by atoms with E-state index in [-0.39, 0.29) is 10.3 Å². The van der Waals surface area contributed by atoms with Crippen molar-refractivity contribution in [1.82, 2.24) is 15.0 Å². The number of benzene rings is 1. The van der Waals surface area contributed by atoms with Crippen molar-refractivity contribution in [2.24, 2.45) is 0 Å². The molecular weight excluding hydrogens is 354 g/mol. The summed E-state index contributed by atoms with van der Waals surface area (Å²) < 4.78 is 24.2. The Morgan fingerprint density at radius 2 is 1.92 bits per heavy atom. The fourth-order valence-electron chi connectivity index (χ4n) is 2.56. The molecule has 0 aliphatic carbocycles. The van der Waals surface area contributed by atoms with E-state index < -0.39 is 21.6 Å². The molecule has 0 atom stereocenters. The van der Waals surface area contributed by atoms with Crippen LogP contribution >= 0.6 is 0 Å². The molecule has 136 valence electrons. The van der Waals surface area contributed by atoms with Crippen LogP contribution in [-0.2, 0) is 20.0 Å². The Morgan fingerprint density at radius 1 is 1.19 bits per heavy atom. The van der Waals surface area contributed by atoms with Gasteiger partial charge in [0.05, 0.1) is 16.3 Å². The molecule has 0 bridgehead atoms. The van der Waals surface area contributed by atoms with Gasteiger partial charge in [-0.25, -0.2) is 18.4 Å². The zero-order valence-corrected chi connectivity index (χ0v) is 15.5. The molecule has 0 aliphatic rings. The van der Waals surface area contributed by atoms with Crippen molar-refractivity contribution in [2.75, 3.05) is 5.75 Å². The molecule has 2 N–H and O–H groups in total. The molecule has 2 heterocycles. The predicted molar refractivity (Wildman–Crippen MR) is 97.7 cm³/mol. The summed E-state index contributed by atoms with van der Waals surface area (Å²) in [5.41, 5.74) is 1.99. The van der Waals surface area contributed by atoms with E-state index in [1.165, 1.54) is 12.1 Å². The number of nitrogens with one attached hydrogen (secondary N) is 1. The van der Waals surface area contributed by atoms with Crippen LogP contribution in [0.2, 0.25) is 0 Å². The van der Waals surface area contributed by atoms with Gasteiger partial charge in [-0.3, -0.25) is 4.79 Å². The minimum atomic E-state index is -3.87. The highest BCUT2D eigenvalue weighted by Crippen LogP contribution is 2.27. The van der Waals surface area contributed by atoms with Crippen LogP contribution in [0.15, 0.2) is 41.4 Å². The van der Waals surface area contributed by atoms with Crippen LogP contribution in [0.4, 0.5) is 0 Å². The molecule has 3 aromatic rings. The lowest BCUT2D eigenvalue weighted by Gasteiger charge is -2.16. The normalized spacial score (nSPS) is 12.4. The van der Waals surface area contributed by atoms with E-state index in [1.807, 2.05) is 20.8 Å². The van der Waals surface area contributed by atoms with Crippen molar-refractivity contribution in [2.45, 2.75) is 31.1 Å². The highest BCUT2D eigenvalue weighted by molar-refractivity contribution is 7.92. The molecule has 26 heavy (non-hydrogen) atoms. The number of aromatic nitrogens is 3. The van der Waals surface area contributed by atoms with E-state index >= 15 is 0 Å². The van der Waals surface area contributed by atoms with Gasteiger partial charge in [0, 0.05) is 22.5 Å². The molecular formula is C18H19N3O4S. The molecule has 8 heteroatoms. The van der Waals surface area contributed by atoms with E-state index in [1.54, 1.807) is 24.4 Å². The molecule has 0 spiro atoms. The topological polar surface area (TPSA) is 113 Å². The van der Waals surface area contributed by atoms with Crippen LogP contribution in [-0.4, -0.2) is 40.2 Å². The molecule has 3 rings (SSSR count). The fourth-order valence-corrected chi connectivity index (χ4v) is 3.63. The average Bonchev–Trinajstić information content (AvgIpc) is 2.96. The SMILES string of the molecule is CC(C)(C)c1nccc(-c2cc3cc(S(=O)(=O)CC(=O)O)ccc3[nH]2)n1. The molecule has 2 aromatic heterocycles. The number of carbonyl (C=O) groups is 1. The zero-order valence-electron chi connectivity index (χ0n) is 14.6. The number of carboxylic acids is 1. The standard InChI is InChI=1S/C18H19N3O4S/c1-18(2,3)17-19-7-6-14(21-17)15-9-11-8-12(4-5-13(11)20-15)26(24,25)10-16(22)23/h4-9,20H,10H2,1-3H3,(H,22,23). The quantitative estimate of drug-likeness (QED) is 0.727. The van der Waals surface area contributed by atoms with Gasteiger partial charge in [0.1, 0.15) is 5.82 Å². The van der Waals surface area contributed by atoms with Crippen molar-refractivity contribution in [3.05, 3.63) is 42.4 Å². The lowest BCUT2D eigenvalue weighted by molar-refractivity contribution is -0.134. The van der Waals surface area contributed by atoms with Gasteiger partial charge >= 0.3 is 5.97 Å². The molecule has 0 radical (unpaired) electrons. The zero-order chi connectivity index (χ0) is 19.1. The lowest BCUT2D eigenvalue weighted by atomic mass is 9.95. The first-order chi connectivity index (χ1) is 12.1. The molecule has 0 saturated heterocycles. The number of aliphatic carboxylic acids is 1. The highest BCUT2D eigenvalue weighted by Gasteiger charge is 2.20. The molecule has 0 saturated carbocycles. The van der Waals surface area contributed by atoms with Gasteiger partial charge < -0.3 is 10.1 Å². The van der Waals surface area contributed by atoms with Gasteiger partial charge in [0.15, 0.2) is 15.6 Å². The average molecular weight is 373 g/mol. The summed E-state index contributed by atoms with van der Waals surface area (Å²) >= 11 is 0. The molecule has 0 amide bonds. The summed E-state index contributed by atoms with van der Waals surface area (Å²) in [5.74, 6) is -1.61. The molecule has 0 fully saturated rings. The van der Waals surface area contributed by atoms with Crippen LogP contribution in [0.3, 0.4) is 0 Å². The van der Waals surface area contributed by atoms with Crippen molar-refractivity contribution < 1.29 is 18.3 Å². The van der Waals surface area contributed by atoms with Gasteiger partial charge in [0.25, 0.3) is 0 Å². The van der Waals surface area contributed by atoms with E-state index in [2.05, 4.69) is 15.0 Å². The Kier molecular flexibility index (Phi) is 4.31. The molecule has 0 unspecified atom stereocenters. The third-order valence-corrected chi connectivity index (χ3v) is 5.47. The summed E-state index contributed by atoms with van der Waals surface area (Å²) in [4.78, 5) is 22.8. The summed E-state index contributed by atoms with van der Waals surface area (Å²) in [7, 11) is -3.87. The van der Waals surface area contributed by atoms with Crippen LogP contribution in [0.1, 0.15) is 26.6 Å². The summed E-state index contributed by atoms with van der Waals surface area (Å²) in [5, 5.41) is 9.44. The Labute approximate surface area is 151 Å². The third kappa shape index (κ3) is 3.60. The maximum absolute atomic E-state index is 12.1. The first-order valence-electron chi connectivity index (χ1n) is 7.97. The number of nitrogens with zero attached hydrogens (tertiary/aromatic N) is 2. The van der Waals surface area contributed by atoms with Crippen LogP contribution in [0.5, 0.6) is 0 Å². The lowest BCUT2D eigenvalue weighted by Crippen LogP contribution is -2.15. The number of fused-ring (bicyclic) bond motifs is 1. The Balaban J connectivity index is 2.05. The second-order valence-corrected chi connectivity index (χ2v) is 9.09. The van der Waals surface area contributed by atoms with Crippen LogP contribution in [0, 0.1) is 0 Å². The van der Waals surface area contributed by atoms with E-state index in [0.717, 1.165) is 11.2 Å². The summed E-state index contributed by atoms with van der Waals surface area (Å²) in [6.45, 7) is 6.07. The number of hydrogen-bond acceptors (Lipinski definition) is 5. The first-order valence-corrected chi connectivity index (χ1v) is 9.63. The van der Waals surface area contributed by atoms with Crippen LogP contribution < -0.4 is 0 Å². The monoisotopic (exact) mass is 373 g/mol. The van der Waals surface area contributed by atoms with Gasteiger partial charge in [-0.15, -0.1) is 0 Å². The minimum absolute atomic E-state index is 0.0176. The smallest absolute Gasteiger partial charge is 0.319 e. The van der Waals surface area contributed by atoms with Crippen molar-refractivity contribution in [3.63, 3.8) is 0 Å². The maximum atomic E-state index is 12.1. The number of hydrogen-bond donors (Lipinski definition) is 2. The van der Waals surface area contributed by atoms with Crippen molar-refractivity contribution in [3.8, 4) is 11.4 Å². The number of aromatic amines is 1. The first kappa shape index (κ1) is 18.1. The minimum Gasteiger partial charge on any atom is -0.480 e. The number of sulfone groups is 1. The van der Waals surface area contributed by atoms with Crippen molar-refractivity contribution >= 4 is 26.7 Å². The Hall–Kier alpha value is -2.74. The summed E-state index contributed by atoms with van der Waals surface area (Å²) in [6, 6.07) is 8.08. The van der Waals surface area contributed by atoms with E-state index in [9.17, 15) is 13.2 Å². The number of H-pyrrole nitrogens is 1. The van der Waals surface area contributed by atoms with Gasteiger partial charge in [-0.1, -0.05) is 20.8 Å². The van der Waals surface area contributed by atoms with E-state index in [0.29, 0.717) is 16.9 Å². The number of rotatable bonds is 4. The molecule has 0 aliphatic heterocycles. The van der Waals surface area contributed by atoms with Crippen molar-refractivity contribution in [1.29, 1.82) is 0 Å². The van der Waals surface area contributed by atoms with E-state index in [4.69, 9.17) is 5.11 Å².